The Kier molecular flexibility index (Phi) is 5.54. The second-order valence-corrected chi connectivity index (χ2v) is 5.91. The van der Waals surface area contributed by atoms with E-state index in [0.717, 1.165) is 29.3 Å². The summed E-state index contributed by atoms with van der Waals surface area (Å²) in [5.41, 5.74) is 2.19. The zero-order valence-electron chi connectivity index (χ0n) is 12.6. The van der Waals surface area contributed by atoms with Crippen LogP contribution in [0, 0.1) is 0 Å². The van der Waals surface area contributed by atoms with Crippen molar-refractivity contribution < 1.29 is 24.2 Å². The van der Waals surface area contributed by atoms with E-state index in [1.54, 1.807) is 19.1 Å². The van der Waals surface area contributed by atoms with Crippen LogP contribution in [-0.4, -0.2) is 54.2 Å². The van der Waals surface area contributed by atoms with Crippen molar-refractivity contribution in [2.45, 2.75) is 13.0 Å². The van der Waals surface area contributed by atoms with Gasteiger partial charge in [-0.2, -0.15) is 0 Å². The number of aliphatic carboxylic acids is 1. The van der Waals surface area contributed by atoms with Gasteiger partial charge in [-0.15, -0.1) is 11.8 Å². The second-order valence-electron chi connectivity index (χ2n) is 4.93. The summed E-state index contributed by atoms with van der Waals surface area (Å²) in [5, 5.41) is 8.60. The number of hydrogen-bond acceptors (Lipinski definition) is 5. The van der Waals surface area contributed by atoms with Crippen LogP contribution in [0.25, 0.3) is 0 Å². The summed E-state index contributed by atoms with van der Waals surface area (Å²) in [5.74, 6) is 0.537. The molecule has 1 aliphatic heterocycles. The molecule has 0 spiro atoms. The van der Waals surface area contributed by atoms with Gasteiger partial charge in [-0.1, -0.05) is 0 Å². The van der Waals surface area contributed by atoms with Gasteiger partial charge in [0.1, 0.15) is 0 Å². The number of thioether (sulfide) groups is 1. The average Bonchev–Trinajstić information content (AvgIpc) is 2.52. The fraction of sp³-hybridized carbons (Fsp3) is 0.467. The fourth-order valence-corrected chi connectivity index (χ4v) is 3.05. The maximum atomic E-state index is 12.1. The number of benzene rings is 1. The second kappa shape index (κ2) is 7.40. The van der Waals surface area contributed by atoms with Gasteiger partial charge in [-0.05, 0) is 29.7 Å². The Labute approximate surface area is 133 Å². The molecule has 0 fully saturated rings. The van der Waals surface area contributed by atoms with E-state index in [1.807, 2.05) is 12.1 Å². The summed E-state index contributed by atoms with van der Waals surface area (Å²) < 4.78 is 10.6. The molecule has 6 nitrogen and oxygen atoms in total. The van der Waals surface area contributed by atoms with Crippen molar-refractivity contribution in [1.82, 2.24) is 4.90 Å². The molecule has 120 valence electrons. The lowest BCUT2D eigenvalue weighted by Gasteiger charge is -2.29. The number of rotatable bonds is 6. The van der Waals surface area contributed by atoms with Crippen molar-refractivity contribution in [1.29, 1.82) is 0 Å². The standard InChI is InChI=1S/C15H19NO5S/c1-20-12-5-10-3-4-16(7-11(10)6-13(12)21-2)14(17)8-22-9-15(18)19/h5-6H,3-4,7-9H2,1-2H3,(H,18,19). The lowest BCUT2D eigenvalue weighted by Crippen LogP contribution is -2.37. The molecular weight excluding hydrogens is 306 g/mol. The number of carbonyl (C=O) groups is 2. The first-order valence-corrected chi connectivity index (χ1v) is 8.01. The molecular formula is C15H19NO5S. The van der Waals surface area contributed by atoms with Crippen LogP contribution in [0.4, 0.5) is 0 Å². The third kappa shape index (κ3) is 3.85. The van der Waals surface area contributed by atoms with Crippen molar-refractivity contribution >= 4 is 23.6 Å². The van der Waals surface area contributed by atoms with Crippen LogP contribution >= 0.6 is 11.8 Å². The van der Waals surface area contributed by atoms with Gasteiger partial charge in [-0.25, -0.2) is 0 Å². The minimum atomic E-state index is -0.904. The van der Waals surface area contributed by atoms with Crippen LogP contribution in [-0.2, 0) is 22.6 Å². The Hall–Kier alpha value is -1.89. The minimum Gasteiger partial charge on any atom is -0.493 e. The van der Waals surface area contributed by atoms with Crippen molar-refractivity contribution in [2.75, 3.05) is 32.3 Å². The molecule has 2 rings (SSSR count). The molecule has 0 bridgehead atoms. The molecule has 0 aliphatic carbocycles. The number of carbonyl (C=O) groups excluding carboxylic acids is 1. The monoisotopic (exact) mass is 325 g/mol. The molecule has 0 atom stereocenters. The van der Waals surface area contributed by atoms with Crippen LogP contribution in [0.5, 0.6) is 11.5 Å². The molecule has 1 aliphatic rings. The smallest absolute Gasteiger partial charge is 0.313 e. The fourth-order valence-electron chi connectivity index (χ4n) is 2.41. The van der Waals surface area contributed by atoms with Crippen LogP contribution in [0.15, 0.2) is 12.1 Å². The van der Waals surface area contributed by atoms with Gasteiger partial charge < -0.3 is 19.5 Å². The van der Waals surface area contributed by atoms with E-state index in [4.69, 9.17) is 14.6 Å². The normalized spacial score (nSPS) is 13.5. The summed E-state index contributed by atoms with van der Waals surface area (Å²) in [7, 11) is 3.18. The number of ether oxygens (including phenoxy) is 2. The van der Waals surface area contributed by atoms with Gasteiger partial charge in [0.15, 0.2) is 11.5 Å². The van der Waals surface area contributed by atoms with E-state index in [1.165, 1.54) is 0 Å². The number of carboxylic acids is 1. The molecule has 1 heterocycles. The highest BCUT2D eigenvalue weighted by Crippen LogP contribution is 2.33. The number of carboxylic acid groups (broad SMARTS) is 1. The molecule has 22 heavy (non-hydrogen) atoms. The number of amides is 1. The molecule has 0 unspecified atom stereocenters. The summed E-state index contributed by atoms with van der Waals surface area (Å²) in [6, 6.07) is 3.85. The van der Waals surface area contributed by atoms with E-state index in [0.29, 0.717) is 24.6 Å². The predicted molar refractivity (Wildman–Crippen MR) is 83.6 cm³/mol. The van der Waals surface area contributed by atoms with Crippen molar-refractivity contribution in [3.05, 3.63) is 23.3 Å². The molecule has 0 aromatic heterocycles. The Morgan fingerprint density at radius 1 is 1.18 bits per heavy atom. The Bertz CT molecular complexity index is 575. The zero-order valence-corrected chi connectivity index (χ0v) is 13.4. The molecule has 0 radical (unpaired) electrons. The lowest BCUT2D eigenvalue weighted by molar-refractivity contribution is -0.133. The first kappa shape index (κ1) is 16.5. The Balaban J connectivity index is 2.04. The van der Waals surface area contributed by atoms with E-state index in [-0.39, 0.29) is 17.4 Å². The Morgan fingerprint density at radius 2 is 1.82 bits per heavy atom. The number of fused-ring (bicyclic) bond motifs is 1. The summed E-state index contributed by atoms with van der Waals surface area (Å²) in [6.07, 6.45) is 0.755. The molecule has 7 heteroatoms. The third-order valence-electron chi connectivity index (χ3n) is 3.52. The maximum absolute atomic E-state index is 12.1. The molecule has 1 aromatic rings. The quantitative estimate of drug-likeness (QED) is 0.852. The van der Waals surface area contributed by atoms with Gasteiger partial charge in [0.05, 0.1) is 25.7 Å². The van der Waals surface area contributed by atoms with E-state index < -0.39 is 5.97 Å². The topological polar surface area (TPSA) is 76.1 Å². The molecule has 1 N–H and O–H groups in total. The van der Waals surface area contributed by atoms with Crippen LogP contribution in [0.2, 0.25) is 0 Å². The highest BCUT2D eigenvalue weighted by molar-refractivity contribution is 8.00. The summed E-state index contributed by atoms with van der Waals surface area (Å²) >= 11 is 1.12. The van der Waals surface area contributed by atoms with Crippen LogP contribution in [0.3, 0.4) is 0 Å². The van der Waals surface area contributed by atoms with Gasteiger partial charge in [0, 0.05) is 13.1 Å². The summed E-state index contributed by atoms with van der Waals surface area (Å²) in [4.78, 5) is 24.4. The first-order chi connectivity index (χ1) is 10.5. The number of methoxy groups -OCH3 is 2. The number of nitrogens with zero attached hydrogens (tertiary/aromatic N) is 1. The van der Waals surface area contributed by atoms with Gasteiger partial charge in [0.2, 0.25) is 5.91 Å². The molecule has 1 amide bonds. The summed E-state index contributed by atoms with van der Waals surface area (Å²) in [6.45, 7) is 1.15. The largest absolute Gasteiger partial charge is 0.493 e. The number of hydrogen-bond donors (Lipinski definition) is 1. The van der Waals surface area contributed by atoms with E-state index in [2.05, 4.69) is 0 Å². The van der Waals surface area contributed by atoms with Crippen molar-refractivity contribution in [3.8, 4) is 11.5 Å². The van der Waals surface area contributed by atoms with Gasteiger partial charge >= 0.3 is 5.97 Å². The highest BCUT2D eigenvalue weighted by atomic mass is 32.2. The SMILES string of the molecule is COc1cc2c(cc1OC)CN(C(=O)CSCC(=O)O)CC2. The van der Waals surface area contributed by atoms with E-state index >= 15 is 0 Å². The van der Waals surface area contributed by atoms with E-state index in [9.17, 15) is 9.59 Å². The molecule has 0 saturated heterocycles. The van der Waals surface area contributed by atoms with Crippen LogP contribution < -0.4 is 9.47 Å². The minimum absolute atomic E-state index is 0.0355. The van der Waals surface area contributed by atoms with Crippen molar-refractivity contribution in [2.24, 2.45) is 0 Å². The molecule has 1 aromatic carbocycles. The predicted octanol–water partition coefficient (Wildman–Crippen LogP) is 1.41. The van der Waals surface area contributed by atoms with Crippen LogP contribution in [0.1, 0.15) is 11.1 Å². The van der Waals surface area contributed by atoms with Gasteiger partial charge in [-0.3, -0.25) is 9.59 Å². The maximum Gasteiger partial charge on any atom is 0.313 e. The molecule has 0 saturated carbocycles. The van der Waals surface area contributed by atoms with Crippen molar-refractivity contribution in [3.63, 3.8) is 0 Å². The third-order valence-corrected chi connectivity index (χ3v) is 4.42. The lowest BCUT2D eigenvalue weighted by atomic mass is 9.99. The first-order valence-electron chi connectivity index (χ1n) is 6.86. The van der Waals surface area contributed by atoms with Gasteiger partial charge in [0.25, 0.3) is 0 Å². The highest BCUT2D eigenvalue weighted by Gasteiger charge is 2.22. The zero-order chi connectivity index (χ0) is 16.1. The Morgan fingerprint density at radius 3 is 2.41 bits per heavy atom. The average molecular weight is 325 g/mol.